The van der Waals surface area contributed by atoms with E-state index < -0.39 is 0 Å². The minimum absolute atomic E-state index is 0.248. The Hall–Kier alpha value is -2.14. The van der Waals surface area contributed by atoms with Gasteiger partial charge in [0.15, 0.2) is 0 Å². The van der Waals surface area contributed by atoms with Gasteiger partial charge in [0.05, 0.1) is 12.2 Å². The van der Waals surface area contributed by atoms with Crippen LogP contribution in [0.2, 0.25) is 0 Å². The monoisotopic (exact) mass is 368 g/mol. The molecule has 1 amide bonds. The van der Waals surface area contributed by atoms with Gasteiger partial charge in [0, 0.05) is 38.2 Å². The van der Waals surface area contributed by atoms with Gasteiger partial charge >= 0.3 is 0 Å². The molecule has 0 radical (unpaired) electrons. The summed E-state index contributed by atoms with van der Waals surface area (Å²) < 4.78 is 2.09. The predicted octanol–water partition coefficient (Wildman–Crippen LogP) is 3.12. The third-order valence-electron chi connectivity index (χ3n) is 5.70. The van der Waals surface area contributed by atoms with Gasteiger partial charge in [0.25, 0.3) is 0 Å². The Labute approximate surface area is 163 Å². The first-order valence-corrected chi connectivity index (χ1v) is 10.2. The maximum atomic E-state index is 13.0. The molecule has 0 spiro atoms. The van der Waals surface area contributed by atoms with Crippen molar-refractivity contribution in [3.05, 3.63) is 53.3 Å². The SMILES string of the molecule is CCN(CC)C[C@@H]1CN(C(=O)CCc2ccccc2C)Cc2ccnn2C1. The van der Waals surface area contributed by atoms with Crippen LogP contribution < -0.4 is 0 Å². The Bertz CT molecular complexity index is 750. The van der Waals surface area contributed by atoms with Crippen molar-refractivity contribution < 1.29 is 4.79 Å². The quantitative estimate of drug-likeness (QED) is 0.754. The van der Waals surface area contributed by atoms with Gasteiger partial charge in [-0.1, -0.05) is 38.1 Å². The molecule has 1 aliphatic rings. The summed E-state index contributed by atoms with van der Waals surface area (Å²) in [6, 6.07) is 10.4. The second-order valence-corrected chi connectivity index (χ2v) is 7.56. The molecule has 0 aliphatic carbocycles. The second-order valence-electron chi connectivity index (χ2n) is 7.56. The van der Waals surface area contributed by atoms with Crippen molar-refractivity contribution in [1.82, 2.24) is 19.6 Å². The molecule has 0 N–H and O–H groups in total. The zero-order valence-corrected chi connectivity index (χ0v) is 16.9. The molecule has 3 rings (SSSR count). The van der Waals surface area contributed by atoms with Crippen LogP contribution >= 0.6 is 0 Å². The summed E-state index contributed by atoms with van der Waals surface area (Å²) >= 11 is 0. The Morgan fingerprint density at radius 1 is 1.19 bits per heavy atom. The van der Waals surface area contributed by atoms with Crippen molar-refractivity contribution >= 4 is 5.91 Å². The molecule has 1 aliphatic heterocycles. The Morgan fingerprint density at radius 3 is 2.70 bits per heavy atom. The summed E-state index contributed by atoms with van der Waals surface area (Å²) in [6.45, 7) is 12.0. The van der Waals surface area contributed by atoms with Gasteiger partial charge in [-0.05, 0) is 43.6 Å². The molecule has 2 heterocycles. The summed E-state index contributed by atoms with van der Waals surface area (Å²) in [4.78, 5) is 17.5. The zero-order chi connectivity index (χ0) is 19.2. The predicted molar refractivity (Wildman–Crippen MR) is 108 cm³/mol. The number of aromatic nitrogens is 2. The highest BCUT2D eigenvalue weighted by molar-refractivity contribution is 5.76. The number of fused-ring (bicyclic) bond motifs is 1. The number of rotatable bonds is 7. The fourth-order valence-corrected chi connectivity index (χ4v) is 3.98. The summed E-state index contributed by atoms with van der Waals surface area (Å²) in [5.74, 6) is 0.658. The molecule has 0 saturated heterocycles. The molecule has 1 atom stereocenters. The first-order valence-electron chi connectivity index (χ1n) is 10.2. The normalized spacial score (nSPS) is 17.0. The topological polar surface area (TPSA) is 41.4 Å². The fourth-order valence-electron chi connectivity index (χ4n) is 3.98. The number of hydrogen-bond donors (Lipinski definition) is 0. The van der Waals surface area contributed by atoms with Crippen LogP contribution in [0.5, 0.6) is 0 Å². The number of hydrogen-bond acceptors (Lipinski definition) is 3. The number of aryl methyl sites for hydroxylation is 2. The van der Waals surface area contributed by atoms with Crippen LogP contribution in [0, 0.1) is 12.8 Å². The number of amides is 1. The van der Waals surface area contributed by atoms with E-state index in [0.29, 0.717) is 18.9 Å². The lowest BCUT2D eigenvalue weighted by atomic mass is 10.0. The van der Waals surface area contributed by atoms with Crippen molar-refractivity contribution in [3.8, 4) is 0 Å². The third-order valence-corrected chi connectivity index (χ3v) is 5.70. The maximum Gasteiger partial charge on any atom is 0.223 e. The second kappa shape index (κ2) is 9.18. The summed E-state index contributed by atoms with van der Waals surface area (Å²) in [5, 5.41) is 4.49. The van der Waals surface area contributed by atoms with Crippen LogP contribution in [0.15, 0.2) is 36.5 Å². The highest BCUT2D eigenvalue weighted by Gasteiger charge is 2.26. The molecule has 0 unspecified atom stereocenters. The minimum atomic E-state index is 0.248. The molecule has 27 heavy (non-hydrogen) atoms. The van der Waals surface area contributed by atoms with Gasteiger partial charge in [-0.15, -0.1) is 0 Å². The molecule has 2 aromatic rings. The van der Waals surface area contributed by atoms with Crippen molar-refractivity contribution in [3.63, 3.8) is 0 Å². The molecule has 1 aromatic heterocycles. The molecule has 1 aromatic carbocycles. The summed E-state index contributed by atoms with van der Waals surface area (Å²) in [5.41, 5.74) is 3.67. The first-order chi connectivity index (χ1) is 13.1. The third kappa shape index (κ3) is 4.98. The molecule has 0 saturated carbocycles. The standard InChI is InChI=1S/C22H32N4O/c1-4-24(5-2)14-19-15-25(17-21-12-13-23-26(21)16-19)22(27)11-10-20-9-7-6-8-18(20)3/h6-9,12-13,19H,4-5,10-11,14-17H2,1-3H3/t19-/m1/s1. The molecular formula is C22H32N4O. The molecule has 0 fully saturated rings. The van der Waals surface area contributed by atoms with Crippen LogP contribution in [0.4, 0.5) is 0 Å². The highest BCUT2D eigenvalue weighted by atomic mass is 16.2. The molecule has 146 valence electrons. The van der Waals surface area contributed by atoms with Crippen LogP contribution in [0.3, 0.4) is 0 Å². The van der Waals surface area contributed by atoms with Gasteiger partial charge in [0.1, 0.15) is 0 Å². The van der Waals surface area contributed by atoms with Gasteiger partial charge < -0.3 is 9.80 Å². The lowest BCUT2D eigenvalue weighted by Crippen LogP contribution is -2.39. The van der Waals surface area contributed by atoms with Gasteiger partial charge in [0.2, 0.25) is 5.91 Å². The fraction of sp³-hybridized carbons (Fsp3) is 0.545. The van der Waals surface area contributed by atoms with E-state index in [-0.39, 0.29) is 5.91 Å². The van der Waals surface area contributed by atoms with Crippen molar-refractivity contribution in [2.45, 2.75) is 46.7 Å². The number of carbonyl (C=O) groups excluding carboxylic acids is 1. The van der Waals surface area contributed by atoms with Gasteiger partial charge in [-0.3, -0.25) is 9.48 Å². The van der Waals surface area contributed by atoms with E-state index >= 15 is 0 Å². The van der Waals surface area contributed by atoms with E-state index in [4.69, 9.17) is 0 Å². The van der Waals surface area contributed by atoms with E-state index in [1.807, 2.05) is 17.2 Å². The maximum absolute atomic E-state index is 13.0. The van der Waals surface area contributed by atoms with Crippen LogP contribution in [-0.2, 0) is 24.3 Å². The van der Waals surface area contributed by atoms with E-state index in [1.54, 1.807) is 0 Å². The molecule has 5 nitrogen and oxygen atoms in total. The Kier molecular flexibility index (Phi) is 6.67. The van der Waals surface area contributed by atoms with Crippen LogP contribution in [0.25, 0.3) is 0 Å². The smallest absolute Gasteiger partial charge is 0.223 e. The average molecular weight is 369 g/mol. The largest absolute Gasteiger partial charge is 0.336 e. The number of carbonyl (C=O) groups is 1. The lowest BCUT2D eigenvalue weighted by molar-refractivity contribution is -0.132. The molecule has 5 heteroatoms. The van der Waals surface area contributed by atoms with Gasteiger partial charge in [-0.2, -0.15) is 5.10 Å². The number of benzene rings is 1. The highest BCUT2D eigenvalue weighted by Crippen LogP contribution is 2.19. The first kappa shape index (κ1) is 19.6. The lowest BCUT2D eigenvalue weighted by Gasteiger charge is -2.28. The Balaban J connectivity index is 1.69. The Morgan fingerprint density at radius 2 is 1.96 bits per heavy atom. The van der Waals surface area contributed by atoms with Crippen molar-refractivity contribution in [2.24, 2.45) is 5.92 Å². The molecular weight excluding hydrogens is 336 g/mol. The zero-order valence-electron chi connectivity index (χ0n) is 16.9. The van der Waals surface area contributed by atoms with E-state index in [9.17, 15) is 4.79 Å². The van der Waals surface area contributed by atoms with Crippen molar-refractivity contribution in [1.29, 1.82) is 0 Å². The summed E-state index contributed by atoms with van der Waals surface area (Å²) in [6.07, 6.45) is 3.23. The van der Waals surface area contributed by atoms with Gasteiger partial charge in [-0.25, -0.2) is 0 Å². The summed E-state index contributed by atoms with van der Waals surface area (Å²) in [7, 11) is 0. The average Bonchev–Trinajstić information content (AvgIpc) is 3.03. The van der Waals surface area contributed by atoms with E-state index in [2.05, 4.69) is 59.7 Å². The van der Waals surface area contributed by atoms with Crippen molar-refractivity contribution in [2.75, 3.05) is 26.2 Å². The minimum Gasteiger partial charge on any atom is -0.336 e. The van der Waals surface area contributed by atoms with Crippen LogP contribution in [-0.4, -0.2) is 51.7 Å². The van der Waals surface area contributed by atoms with Crippen LogP contribution in [0.1, 0.15) is 37.1 Å². The number of nitrogens with zero attached hydrogens (tertiary/aromatic N) is 4. The molecule has 0 bridgehead atoms. The van der Waals surface area contributed by atoms with E-state index in [1.165, 1.54) is 11.1 Å². The van der Waals surface area contributed by atoms with E-state index in [0.717, 1.165) is 44.8 Å².